The van der Waals surface area contributed by atoms with Crippen LogP contribution in [0.2, 0.25) is 0 Å². The Kier molecular flexibility index (Phi) is 4.07. The van der Waals surface area contributed by atoms with E-state index < -0.39 is 0 Å². The van der Waals surface area contributed by atoms with Gasteiger partial charge in [-0.15, -0.1) is 0 Å². The zero-order valence-electron chi connectivity index (χ0n) is 8.68. The molecular weight excluding hydrogens is 148 g/mol. The molecule has 12 heavy (non-hydrogen) atoms. The maximum Gasteiger partial charge on any atom is 0.0600 e. The monoisotopic (exact) mass is 170 g/mol. The summed E-state index contributed by atoms with van der Waals surface area (Å²) in [7, 11) is 0. The Morgan fingerprint density at radius 3 is 2.50 bits per heavy atom. The lowest BCUT2D eigenvalue weighted by Crippen LogP contribution is -2.29. The summed E-state index contributed by atoms with van der Waals surface area (Å²) in [5.74, 6) is 1.75. The van der Waals surface area contributed by atoms with Crippen molar-refractivity contribution in [3.63, 3.8) is 0 Å². The Morgan fingerprint density at radius 2 is 2.00 bits per heavy atom. The second-order valence-corrected chi connectivity index (χ2v) is 4.06. The SMILES string of the molecule is CCO[C@H]1CCC(CC)CC1C. The molecule has 2 unspecified atom stereocenters. The van der Waals surface area contributed by atoms with Gasteiger partial charge in [-0.3, -0.25) is 0 Å². The average Bonchev–Trinajstić information content (AvgIpc) is 2.09. The lowest BCUT2D eigenvalue weighted by molar-refractivity contribution is -0.0111. The van der Waals surface area contributed by atoms with Gasteiger partial charge >= 0.3 is 0 Å². The van der Waals surface area contributed by atoms with Gasteiger partial charge in [0.05, 0.1) is 6.10 Å². The van der Waals surface area contributed by atoms with Crippen LogP contribution in [0.1, 0.15) is 46.5 Å². The van der Waals surface area contributed by atoms with Crippen LogP contribution in [0.4, 0.5) is 0 Å². The zero-order valence-corrected chi connectivity index (χ0v) is 8.68. The van der Waals surface area contributed by atoms with Gasteiger partial charge in [0.15, 0.2) is 0 Å². The van der Waals surface area contributed by atoms with Crippen LogP contribution in [-0.2, 0) is 4.74 Å². The molecule has 1 fully saturated rings. The summed E-state index contributed by atoms with van der Waals surface area (Å²) in [6.45, 7) is 7.62. The highest BCUT2D eigenvalue weighted by Crippen LogP contribution is 2.32. The van der Waals surface area contributed by atoms with Gasteiger partial charge in [-0.05, 0) is 38.0 Å². The van der Waals surface area contributed by atoms with Crippen molar-refractivity contribution in [1.82, 2.24) is 0 Å². The van der Waals surface area contributed by atoms with Crippen molar-refractivity contribution < 1.29 is 4.74 Å². The third kappa shape index (κ3) is 2.48. The van der Waals surface area contributed by atoms with Crippen LogP contribution in [0.5, 0.6) is 0 Å². The van der Waals surface area contributed by atoms with E-state index >= 15 is 0 Å². The Hall–Kier alpha value is -0.0400. The van der Waals surface area contributed by atoms with Gasteiger partial charge in [0, 0.05) is 6.61 Å². The summed E-state index contributed by atoms with van der Waals surface area (Å²) in [6, 6.07) is 0. The summed E-state index contributed by atoms with van der Waals surface area (Å²) in [5.41, 5.74) is 0. The van der Waals surface area contributed by atoms with Crippen molar-refractivity contribution in [3.8, 4) is 0 Å². The maximum absolute atomic E-state index is 5.69. The standard InChI is InChI=1S/C11H22O/c1-4-10-6-7-11(12-5-2)9(3)8-10/h9-11H,4-8H2,1-3H3/t9?,10?,11-/m0/s1. The lowest BCUT2D eigenvalue weighted by atomic mass is 9.79. The van der Waals surface area contributed by atoms with Crippen LogP contribution in [0, 0.1) is 11.8 Å². The van der Waals surface area contributed by atoms with Crippen LogP contribution < -0.4 is 0 Å². The van der Waals surface area contributed by atoms with E-state index in [-0.39, 0.29) is 0 Å². The fourth-order valence-corrected chi connectivity index (χ4v) is 2.31. The van der Waals surface area contributed by atoms with Crippen molar-refractivity contribution in [2.75, 3.05) is 6.61 Å². The average molecular weight is 170 g/mol. The number of rotatable bonds is 3. The molecule has 1 saturated carbocycles. The minimum Gasteiger partial charge on any atom is -0.378 e. The third-order valence-electron chi connectivity index (χ3n) is 3.16. The van der Waals surface area contributed by atoms with E-state index in [2.05, 4.69) is 20.8 Å². The van der Waals surface area contributed by atoms with Gasteiger partial charge < -0.3 is 4.74 Å². The van der Waals surface area contributed by atoms with Gasteiger partial charge in [-0.2, -0.15) is 0 Å². The first-order chi connectivity index (χ1) is 5.77. The molecule has 72 valence electrons. The van der Waals surface area contributed by atoms with Crippen molar-refractivity contribution in [1.29, 1.82) is 0 Å². The van der Waals surface area contributed by atoms with E-state index in [4.69, 9.17) is 4.74 Å². The molecule has 0 saturated heterocycles. The van der Waals surface area contributed by atoms with E-state index in [0.29, 0.717) is 6.10 Å². The van der Waals surface area contributed by atoms with E-state index in [1.807, 2.05) is 0 Å². The predicted octanol–water partition coefficient (Wildman–Crippen LogP) is 3.24. The van der Waals surface area contributed by atoms with Crippen molar-refractivity contribution in [2.45, 2.75) is 52.6 Å². The minimum absolute atomic E-state index is 0.554. The first-order valence-corrected chi connectivity index (χ1v) is 5.39. The van der Waals surface area contributed by atoms with Gasteiger partial charge in [0.1, 0.15) is 0 Å². The first-order valence-electron chi connectivity index (χ1n) is 5.39. The van der Waals surface area contributed by atoms with Gasteiger partial charge in [0.2, 0.25) is 0 Å². The highest BCUT2D eigenvalue weighted by atomic mass is 16.5. The van der Waals surface area contributed by atoms with E-state index in [1.165, 1.54) is 25.7 Å². The largest absolute Gasteiger partial charge is 0.378 e. The highest BCUT2D eigenvalue weighted by molar-refractivity contribution is 4.77. The molecule has 0 radical (unpaired) electrons. The normalized spacial score (nSPS) is 36.8. The lowest BCUT2D eigenvalue weighted by Gasteiger charge is -2.33. The fourth-order valence-electron chi connectivity index (χ4n) is 2.31. The van der Waals surface area contributed by atoms with Crippen molar-refractivity contribution in [3.05, 3.63) is 0 Å². The third-order valence-corrected chi connectivity index (χ3v) is 3.16. The summed E-state index contributed by atoms with van der Waals surface area (Å²) in [5, 5.41) is 0. The van der Waals surface area contributed by atoms with Gasteiger partial charge in [0.25, 0.3) is 0 Å². The van der Waals surface area contributed by atoms with Crippen molar-refractivity contribution >= 4 is 0 Å². The van der Waals surface area contributed by atoms with Crippen LogP contribution in [0.15, 0.2) is 0 Å². The fraction of sp³-hybridized carbons (Fsp3) is 1.00. The molecule has 0 aromatic rings. The molecule has 1 nitrogen and oxygen atoms in total. The quantitative estimate of drug-likeness (QED) is 0.632. The predicted molar refractivity (Wildman–Crippen MR) is 52.2 cm³/mol. The van der Waals surface area contributed by atoms with Gasteiger partial charge in [-0.1, -0.05) is 20.3 Å². The molecule has 0 aromatic carbocycles. The first kappa shape index (κ1) is 10.0. The number of hydrogen-bond acceptors (Lipinski definition) is 1. The summed E-state index contributed by atoms with van der Waals surface area (Å²) in [6.07, 6.45) is 5.95. The van der Waals surface area contributed by atoms with Crippen molar-refractivity contribution in [2.24, 2.45) is 11.8 Å². The topological polar surface area (TPSA) is 9.23 Å². The van der Waals surface area contributed by atoms with E-state index in [1.54, 1.807) is 0 Å². The minimum atomic E-state index is 0.554. The Labute approximate surface area is 76.5 Å². The molecule has 0 heterocycles. The van der Waals surface area contributed by atoms with E-state index in [9.17, 15) is 0 Å². The molecular formula is C11H22O. The Bertz CT molecular complexity index is 122. The van der Waals surface area contributed by atoms with E-state index in [0.717, 1.165) is 18.4 Å². The summed E-state index contributed by atoms with van der Waals surface area (Å²) in [4.78, 5) is 0. The van der Waals surface area contributed by atoms with Crippen LogP contribution in [0.25, 0.3) is 0 Å². The molecule has 0 aromatic heterocycles. The molecule has 0 amide bonds. The molecule has 3 atom stereocenters. The molecule has 0 bridgehead atoms. The molecule has 1 rings (SSSR count). The highest BCUT2D eigenvalue weighted by Gasteiger charge is 2.26. The molecule has 1 heteroatoms. The second kappa shape index (κ2) is 4.86. The molecule has 0 N–H and O–H groups in total. The maximum atomic E-state index is 5.69. The molecule has 0 aliphatic heterocycles. The summed E-state index contributed by atoms with van der Waals surface area (Å²) < 4.78 is 5.69. The molecule has 1 aliphatic carbocycles. The van der Waals surface area contributed by atoms with Crippen LogP contribution in [-0.4, -0.2) is 12.7 Å². The Morgan fingerprint density at radius 1 is 1.25 bits per heavy atom. The molecule has 1 aliphatic rings. The van der Waals surface area contributed by atoms with Crippen LogP contribution >= 0.6 is 0 Å². The Balaban J connectivity index is 2.31. The zero-order chi connectivity index (χ0) is 8.97. The summed E-state index contributed by atoms with van der Waals surface area (Å²) >= 11 is 0. The van der Waals surface area contributed by atoms with Crippen LogP contribution in [0.3, 0.4) is 0 Å². The smallest absolute Gasteiger partial charge is 0.0600 e. The number of ether oxygens (including phenoxy) is 1. The second-order valence-electron chi connectivity index (χ2n) is 4.06. The van der Waals surface area contributed by atoms with Gasteiger partial charge in [-0.25, -0.2) is 0 Å². The molecule has 0 spiro atoms. The number of hydrogen-bond donors (Lipinski definition) is 0.